The Labute approximate surface area is 160 Å². The number of nitrogens with zero attached hydrogens (tertiary/aromatic N) is 2. The Morgan fingerprint density at radius 1 is 1.00 bits per heavy atom. The monoisotopic (exact) mass is 371 g/mol. The molecule has 0 saturated carbocycles. The van der Waals surface area contributed by atoms with Crippen molar-refractivity contribution in [3.63, 3.8) is 0 Å². The van der Waals surface area contributed by atoms with Crippen LogP contribution in [0.15, 0.2) is 47.8 Å². The van der Waals surface area contributed by atoms with E-state index in [1.807, 2.05) is 0 Å². The number of carbonyl (C=O) groups is 1. The van der Waals surface area contributed by atoms with Gasteiger partial charge in [0.25, 0.3) is 0 Å². The van der Waals surface area contributed by atoms with Crippen LogP contribution in [0.5, 0.6) is 0 Å². The number of hydrogen-bond donors (Lipinski definition) is 1. The zero-order valence-corrected chi connectivity index (χ0v) is 16.2. The Kier molecular flexibility index (Phi) is 7.67. The van der Waals surface area contributed by atoms with Crippen molar-refractivity contribution in [2.24, 2.45) is 0 Å². The van der Waals surface area contributed by atoms with Gasteiger partial charge in [-0.2, -0.15) is 0 Å². The first kappa shape index (κ1) is 19.1. The number of nitrogens with one attached hydrogen (secondary N) is 1. The van der Waals surface area contributed by atoms with Crippen LogP contribution in [0.3, 0.4) is 0 Å². The minimum atomic E-state index is 0.185. The third-order valence-electron chi connectivity index (χ3n) is 4.87. The van der Waals surface area contributed by atoms with Crippen molar-refractivity contribution in [3.8, 4) is 0 Å². The van der Waals surface area contributed by atoms with E-state index in [4.69, 9.17) is 0 Å². The molecule has 3 rings (SSSR count). The molecule has 140 valence electrons. The number of carbonyl (C=O) groups excluding carboxylic acids is 1. The summed E-state index contributed by atoms with van der Waals surface area (Å²) in [6, 6.07) is 14.9. The summed E-state index contributed by atoms with van der Waals surface area (Å²) in [5.41, 5.74) is 1.38. The van der Waals surface area contributed by atoms with Gasteiger partial charge in [0.15, 0.2) is 0 Å². The summed E-state index contributed by atoms with van der Waals surface area (Å²) in [6.45, 7) is 7.12. The van der Waals surface area contributed by atoms with Gasteiger partial charge in [-0.05, 0) is 29.9 Å². The minimum Gasteiger partial charge on any atom is -0.355 e. The van der Waals surface area contributed by atoms with Crippen LogP contribution in [0.25, 0.3) is 0 Å². The van der Waals surface area contributed by atoms with E-state index >= 15 is 0 Å². The topological polar surface area (TPSA) is 35.6 Å². The Morgan fingerprint density at radius 3 is 2.50 bits per heavy atom. The smallest absolute Gasteiger partial charge is 0.220 e. The summed E-state index contributed by atoms with van der Waals surface area (Å²) in [5.74, 6) is 0.185. The van der Waals surface area contributed by atoms with E-state index in [1.165, 1.54) is 10.4 Å². The summed E-state index contributed by atoms with van der Waals surface area (Å²) in [4.78, 5) is 18.3. The number of rotatable bonds is 9. The molecule has 1 aliphatic rings. The molecular formula is C21H29N3OS. The van der Waals surface area contributed by atoms with Gasteiger partial charge in [0.05, 0.1) is 0 Å². The molecule has 0 spiro atoms. The molecule has 0 atom stereocenters. The fourth-order valence-corrected chi connectivity index (χ4v) is 4.08. The largest absolute Gasteiger partial charge is 0.355 e. The number of amides is 1. The quantitative estimate of drug-likeness (QED) is 0.736. The van der Waals surface area contributed by atoms with Crippen LogP contribution in [0.4, 0.5) is 0 Å². The Hall–Kier alpha value is -1.69. The van der Waals surface area contributed by atoms with Gasteiger partial charge in [-0.25, -0.2) is 0 Å². The second kappa shape index (κ2) is 10.5. The van der Waals surface area contributed by atoms with Gasteiger partial charge in [-0.1, -0.05) is 36.4 Å². The predicted molar refractivity (Wildman–Crippen MR) is 108 cm³/mol. The molecule has 0 unspecified atom stereocenters. The molecule has 2 heterocycles. The average molecular weight is 372 g/mol. The Balaban J connectivity index is 1.24. The number of thiophene rings is 1. The van der Waals surface area contributed by atoms with Crippen LogP contribution >= 0.6 is 11.3 Å². The normalized spacial score (nSPS) is 15.8. The molecule has 26 heavy (non-hydrogen) atoms. The van der Waals surface area contributed by atoms with E-state index in [0.717, 1.165) is 58.7 Å². The van der Waals surface area contributed by atoms with E-state index in [1.54, 1.807) is 11.3 Å². The summed E-state index contributed by atoms with van der Waals surface area (Å²) < 4.78 is 0. The van der Waals surface area contributed by atoms with Crippen LogP contribution in [0.1, 0.15) is 23.3 Å². The highest BCUT2D eigenvalue weighted by atomic mass is 32.1. The highest BCUT2D eigenvalue weighted by Gasteiger charge is 2.16. The first-order valence-corrected chi connectivity index (χ1v) is 10.5. The third-order valence-corrected chi connectivity index (χ3v) is 5.81. The lowest BCUT2D eigenvalue weighted by Crippen LogP contribution is -2.48. The third kappa shape index (κ3) is 6.56. The summed E-state index contributed by atoms with van der Waals surface area (Å²) in [6.07, 6.45) is 2.57. The second-order valence-corrected chi connectivity index (χ2v) is 7.92. The van der Waals surface area contributed by atoms with Crippen molar-refractivity contribution >= 4 is 17.2 Å². The van der Waals surface area contributed by atoms with Crippen LogP contribution < -0.4 is 5.32 Å². The van der Waals surface area contributed by atoms with Gasteiger partial charge < -0.3 is 5.32 Å². The molecule has 1 N–H and O–H groups in total. The Morgan fingerprint density at radius 2 is 1.77 bits per heavy atom. The predicted octanol–water partition coefficient (Wildman–Crippen LogP) is 3.00. The van der Waals surface area contributed by atoms with Gasteiger partial charge >= 0.3 is 0 Å². The lowest BCUT2D eigenvalue weighted by atomic mass is 10.2. The first-order valence-electron chi connectivity index (χ1n) is 9.57. The van der Waals surface area contributed by atoms with Crippen LogP contribution in [-0.4, -0.2) is 55.0 Å². The van der Waals surface area contributed by atoms with Gasteiger partial charge in [0.2, 0.25) is 5.91 Å². The maximum absolute atomic E-state index is 11.9. The maximum atomic E-state index is 11.9. The molecule has 1 aliphatic heterocycles. The summed E-state index contributed by atoms with van der Waals surface area (Å²) in [7, 11) is 0. The van der Waals surface area contributed by atoms with Gasteiger partial charge in [0, 0.05) is 57.1 Å². The molecule has 0 aliphatic carbocycles. The molecule has 0 radical (unpaired) electrons. The highest BCUT2D eigenvalue weighted by Crippen LogP contribution is 2.12. The molecule has 0 bridgehead atoms. The zero-order chi connectivity index (χ0) is 18.0. The van der Waals surface area contributed by atoms with Crippen molar-refractivity contribution in [2.45, 2.75) is 25.8 Å². The fraction of sp³-hybridized carbons (Fsp3) is 0.476. The van der Waals surface area contributed by atoms with Crippen molar-refractivity contribution < 1.29 is 4.79 Å². The fourth-order valence-electron chi connectivity index (χ4n) is 3.33. The lowest BCUT2D eigenvalue weighted by molar-refractivity contribution is -0.121. The Bertz CT molecular complexity index is 637. The van der Waals surface area contributed by atoms with Gasteiger partial charge in [-0.3, -0.25) is 14.6 Å². The van der Waals surface area contributed by atoms with E-state index < -0.39 is 0 Å². The van der Waals surface area contributed by atoms with Crippen LogP contribution in [-0.2, 0) is 17.8 Å². The van der Waals surface area contributed by atoms with E-state index in [2.05, 4.69) is 63.0 Å². The number of aryl methyl sites for hydroxylation is 1. The number of piperazine rings is 1. The molecule has 1 amide bonds. The molecule has 1 aromatic carbocycles. The van der Waals surface area contributed by atoms with Crippen molar-refractivity contribution in [3.05, 3.63) is 58.3 Å². The van der Waals surface area contributed by atoms with Gasteiger partial charge in [-0.15, -0.1) is 11.3 Å². The summed E-state index contributed by atoms with van der Waals surface area (Å²) >= 11 is 1.77. The number of benzene rings is 1. The average Bonchev–Trinajstić information content (AvgIpc) is 3.18. The van der Waals surface area contributed by atoms with Crippen molar-refractivity contribution in [1.29, 1.82) is 0 Å². The molecule has 4 nitrogen and oxygen atoms in total. The van der Waals surface area contributed by atoms with E-state index in [-0.39, 0.29) is 5.91 Å². The molecule has 1 saturated heterocycles. The van der Waals surface area contributed by atoms with E-state index in [0.29, 0.717) is 6.42 Å². The second-order valence-electron chi connectivity index (χ2n) is 6.89. The SMILES string of the molecule is O=C(CCCc1cccs1)NCCN1CCN(Cc2ccccc2)CC1. The first-order chi connectivity index (χ1) is 12.8. The zero-order valence-electron chi connectivity index (χ0n) is 15.4. The van der Waals surface area contributed by atoms with Crippen molar-refractivity contribution in [1.82, 2.24) is 15.1 Å². The lowest BCUT2D eigenvalue weighted by Gasteiger charge is -2.34. The summed E-state index contributed by atoms with van der Waals surface area (Å²) in [5, 5.41) is 5.16. The number of hydrogen-bond acceptors (Lipinski definition) is 4. The van der Waals surface area contributed by atoms with Crippen LogP contribution in [0.2, 0.25) is 0 Å². The van der Waals surface area contributed by atoms with E-state index in [9.17, 15) is 4.79 Å². The van der Waals surface area contributed by atoms with Crippen LogP contribution in [0, 0.1) is 0 Å². The molecule has 1 aromatic heterocycles. The highest BCUT2D eigenvalue weighted by molar-refractivity contribution is 7.09. The molecule has 1 fully saturated rings. The van der Waals surface area contributed by atoms with Crippen molar-refractivity contribution in [2.75, 3.05) is 39.3 Å². The standard InChI is InChI=1S/C21H29N3OS/c25-21(10-4-8-20-9-5-17-26-20)22-11-12-23-13-15-24(16-14-23)18-19-6-2-1-3-7-19/h1-3,5-7,9,17H,4,8,10-16,18H2,(H,22,25). The van der Waals surface area contributed by atoms with Gasteiger partial charge in [0.1, 0.15) is 0 Å². The molecule has 5 heteroatoms. The maximum Gasteiger partial charge on any atom is 0.220 e. The molecule has 2 aromatic rings. The molecular weight excluding hydrogens is 342 g/mol. The minimum absolute atomic E-state index is 0.185.